The highest BCUT2D eigenvalue weighted by molar-refractivity contribution is 7.18. The summed E-state index contributed by atoms with van der Waals surface area (Å²) in [4.78, 5) is 6.14. The number of nitrogens with zero attached hydrogens (tertiary/aromatic N) is 1. The number of halogens is 2. The Morgan fingerprint density at radius 3 is 1.13 bits per heavy atom. The normalized spacial score (nSPS) is 11.6. The first kappa shape index (κ1) is 28.3. The van der Waals surface area contributed by atoms with Crippen molar-refractivity contribution in [2.75, 3.05) is 0 Å². The molecule has 47 heavy (non-hydrogen) atoms. The topological polar surface area (TPSA) is 12.9 Å². The van der Waals surface area contributed by atoms with Crippen molar-refractivity contribution >= 4 is 77.6 Å². The highest BCUT2D eigenvalue weighted by Crippen LogP contribution is 2.44. The molecule has 0 aliphatic rings. The fourth-order valence-electron chi connectivity index (χ4n) is 6.99. The Bertz CT molecular complexity index is 2490. The summed E-state index contributed by atoms with van der Waals surface area (Å²) in [5.74, 6) is 0. The summed E-state index contributed by atoms with van der Waals surface area (Å²) < 4.78 is 0. The number of benzene rings is 8. The van der Waals surface area contributed by atoms with E-state index in [-0.39, 0.29) is 0 Å². The summed E-state index contributed by atoms with van der Waals surface area (Å²) in [5, 5.41) is 11.7. The maximum absolute atomic E-state index is 6.59. The lowest BCUT2D eigenvalue weighted by atomic mass is 9.92. The second-order valence-corrected chi connectivity index (χ2v) is 13.6. The van der Waals surface area contributed by atoms with Gasteiger partial charge in [-0.15, -0.1) is 11.3 Å². The second-order valence-electron chi connectivity index (χ2n) is 11.7. The predicted octanol–water partition coefficient (Wildman–Crippen LogP) is 13.7. The van der Waals surface area contributed by atoms with Gasteiger partial charge in [0, 0.05) is 38.1 Å². The molecule has 0 N–H and O–H groups in total. The molecule has 0 saturated heterocycles. The Morgan fingerprint density at radius 1 is 0.340 bits per heavy atom. The summed E-state index contributed by atoms with van der Waals surface area (Å²) in [7, 11) is 0. The fraction of sp³-hybridized carbons (Fsp3) is 0. The van der Waals surface area contributed by atoms with Crippen LogP contribution in [0.2, 0.25) is 10.0 Å². The SMILES string of the molecule is Clc1ccc(-c2ccc(-c3cnc(-c4ccc(-c5ccc(Cl)c6ccccc56)c5ccccc45)s3)c3ccccc23)c2ccccc12. The zero-order valence-corrected chi connectivity index (χ0v) is 27.4. The summed E-state index contributed by atoms with van der Waals surface area (Å²) in [6, 6.07) is 51.2. The summed E-state index contributed by atoms with van der Waals surface area (Å²) in [5.41, 5.74) is 7.04. The first-order chi connectivity index (χ1) is 23.2. The van der Waals surface area contributed by atoms with Gasteiger partial charge in [0.1, 0.15) is 5.01 Å². The summed E-state index contributed by atoms with van der Waals surface area (Å²) in [6.07, 6.45) is 2.02. The molecule has 0 unspecified atom stereocenters. The van der Waals surface area contributed by atoms with E-state index in [9.17, 15) is 0 Å². The molecule has 1 aromatic heterocycles. The maximum atomic E-state index is 6.59. The molecule has 1 nitrogen and oxygen atoms in total. The summed E-state index contributed by atoms with van der Waals surface area (Å²) in [6.45, 7) is 0. The second kappa shape index (κ2) is 11.4. The van der Waals surface area contributed by atoms with Crippen LogP contribution in [-0.4, -0.2) is 4.98 Å². The van der Waals surface area contributed by atoms with E-state index in [1.54, 1.807) is 11.3 Å². The van der Waals surface area contributed by atoms with E-state index < -0.39 is 0 Å². The molecular formula is C43H25Cl2NS. The minimum absolute atomic E-state index is 0.766. The zero-order chi connectivity index (χ0) is 31.5. The Morgan fingerprint density at radius 2 is 0.660 bits per heavy atom. The van der Waals surface area contributed by atoms with Gasteiger partial charge in [-0.25, -0.2) is 4.98 Å². The summed E-state index contributed by atoms with van der Waals surface area (Å²) >= 11 is 14.9. The van der Waals surface area contributed by atoms with Crippen molar-refractivity contribution in [3.05, 3.63) is 162 Å². The quantitative estimate of drug-likeness (QED) is 0.183. The first-order valence-electron chi connectivity index (χ1n) is 15.5. The lowest BCUT2D eigenvalue weighted by Crippen LogP contribution is -1.87. The molecule has 0 amide bonds. The van der Waals surface area contributed by atoms with Crippen molar-refractivity contribution in [1.29, 1.82) is 0 Å². The third kappa shape index (κ3) is 4.64. The lowest BCUT2D eigenvalue weighted by Gasteiger charge is -2.14. The van der Waals surface area contributed by atoms with Crippen LogP contribution in [-0.2, 0) is 0 Å². The highest BCUT2D eigenvalue weighted by Gasteiger charge is 2.17. The molecule has 0 atom stereocenters. The van der Waals surface area contributed by atoms with E-state index in [4.69, 9.17) is 28.2 Å². The molecular weight excluding hydrogens is 633 g/mol. The van der Waals surface area contributed by atoms with Crippen molar-refractivity contribution in [2.45, 2.75) is 0 Å². The smallest absolute Gasteiger partial charge is 0.124 e. The number of hydrogen-bond acceptors (Lipinski definition) is 2. The van der Waals surface area contributed by atoms with E-state index >= 15 is 0 Å². The van der Waals surface area contributed by atoms with Gasteiger partial charge in [-0.2, -0.15) is 0 Å². The van der Waals surface area contributed by atoms with Crippen LogP contribution in [0, 0.1) is 0 Å². The lowest BCUT2D eigenvalue weighted by molar-refractivity contribution is 1.42. The number of fused-ring (bicyclic) bond motifs is 4. The van der Waals surface area contributed by atoms with Crippen LogP contribution in [0.1, 0.15) is 0 Å². The predicted molar refractivity (Wildman–Crippen MR) is 204 cm³/mol. The van der Waals surface area contributed by atoms with E-state index in [0.29, 0.717) is 0 Å². The molecule has 0 radical (unpaired) electrons. The first-order valence-corrected chi connectivity index (χ1v) is 17.1. The monoisotopic (exact) mass is 657 g/mol. The molecule has 0 spiro atoms. The third-order valence-electron chi connectivity index (χ3n) is 9.17. The zero-order valence-electron chi connectivity index (χ0n) is 25.0. The molecule has 0 saturated carbocycles. The highest BCUT2D eigenvalue weighted by atomic mass is 35.5. The van der Waals surface area contributed by atoms with E-state index in [0.717, 1.165) is 47.0 Å². The van der Waals surface area contributed by atoms with Gasteiger partial charge in [-0.05, 0) is 66.7 Å². The van der Waals surface area contributed by atoms with Gasteiger partial charge in [0.25, 0.3) is 0 Å². The largest absolute Gasteiger partial charge is 0.244 e. The van der Waals surface area contributed by atoms with Crippen LogP contribution >= 0.6 is 34.5 Å². The maximum Gasteiger partial charge on any atom is 0.124 e. The van der Waals surface area contributed by atoms with Gasteiger partial charge >= 0.3 is 0 Å². The van der Waals surface area contributed by atoms with Crippen LogP contribution < -0.4 is 0 Å². The molecule has 0 aliphatic carbocycles. The fourth-order valence-corrected chi connectivity index (χ4v) is 8.44. The molecule has 9 rings (SSSR count). The van der Waals surface area contributed by atoms with Crippen LogP contribution in [0.15, 0.2) is 152 Å². The Balaban J connectivity index is 1.17. The van der Waals surface area contributed by atoms with Crippen LogP contribution in [0.25, 0.3) is 86.4 Å². The van der Waals surface area contributed by atoms with Crippen molar-refractivity contribution in [3.8, 4) is 43.3 Å². The molecule has 0 bridgehead atoms. The van der Waals surface area contributed by atoms with Gasteiger partial charge in [0.2, 0.25) is 0 Å². The van der Waals surface area contributed by atoms with Crippen molar-refractivity contribution in [3.63, 3.8) is 0 Å². The minimum atomic E-state index is 0.766. The van der Waals surface area contributed by atoms with Gasteiger partial charge in [-0.1, -0.05) is 157 Å². The van der Waals surface area contributed by atoms with Crippen molar-refractivity contribution in [2.24, 2.45) is 0 Å². The van der Waals surface area contributed by atoms with Crippen molar-refractivity contribution in [1.82, 2.24) is 4.98 Å². The van der Waals surface area contributed by atoms with Gasteiger partial charge in [-0.3, -0.25) is 0 Å². The van der Waals surface area contributed by atoms with Gasteiger partial charge in [0.05, 0.1) is 4.88 Å². The Kier molecular flexibility index (Phi) is 6.83. The van der Waals surface area contributed by atoms with Gasteiger partial charge < -0.3 is 0 Å². The van der Waals surface area contributed by atoms with E-state index in [1.807, 2.05) is 30.5 Å². The van der Waals surface area contributed by atoms with Gasteiger partial charge in [0.15, 0.2) is 0 Å². The molecule has 222 valence electrons. The van der Waals surface area contributed by atoms with Crippen molar-refractivity contribution < 1.29 is 0 Å². The molecule has 0 fully saturated rings. The molecule has 0 aliphatic heterocycles. The van der Waals surface area contributed by atoms with Crippen LogP contribution in [0.3, 0.4) is 0 Å². The van der Waals surface area contributed by atoms with Crippen LogP contribution in [0.5, 0.6) is 0 Å². The number of aromatic nitrogens is 1. The third-order valence-corrected chi connectivity index (χ3v) is 10.9. The van der Waals surface area contributed by atoms with E-state index in [2.05, 4.69) is 121 Å². The number of thiazole rings is 1. The average Bonchev–Trinajstić information content (AvgIpc) is 3.62. The Labute approximate surface area is 286 Å². The molecule has 4 heteroatoms. The minimum Gasteiger partial charge on any atom is -0.244 e. The molecule has 1 heterocycles. The Hall–Kier alpha value is -4.99. The number of hydrogen-bond donors (Lipinski definition) is 0. The molecule has 9 aromatic rings. The standard InChI is InChI=1S/C43H25Cl2NS/c44-40-23-21-34(28-11-5-7-15-36(28)40)32-17-19-38(30-13-3-1-9-26(30)32)42-25-46-43(47-42)39-20-18-33(27-10-2-4-14-31(27)39)35-22-24-41(45)37-16-8-6-12-29(35)37/h1-25H. The van der Waals surface area contributed by atoms with E-state index in [1.165, 1.54) is 49.4 Å². The molecule has 8 aromatic carbocycles. The number of rotatable bonds is 4. The van der Waals surface area contributed by atoms with Crippen LogP contribution in [0.4, 0.5) is 0 Å². The average molecular weight is 659 g/mol.